The zero-order valence-electron chi connectivity index (χ0n) is 10.8. The van der Waals surface area contributed by atoms with E-state index < -0.39 is 0 Å². The quantitative estimate of drug-likeness (QED) is 0.910. The SMILES string of the molecule is CNc1cccc(OCC(=O)N(C)c2ccsc2)n1. The number of nitrogens with one attached hydrogen (secondary N) is 1. The number of rotatable bonds is 5. The summed E-state index contributed by atoms with van der Waals surface area (Å²) in [5.74, 6) is 1.02. The highest BCUT2D eigenvalue weighted by Crippen LogP contribution is 2.17. The Kier molecular flexibility index (Phi) is 4.35. The van der Waals surface area contributed by atoms with E-state index in [1.165, 1.54) is 0 Å². The minimum Gasteiger partial charge on any atom is -0.467 e. The van der Waals surface area contributed by atoms with E-state index in [1.807, 2.05) is 29.0 Å². The summed E-state index contributed by atoms with van der Waals surface area (Å²) >= 11 is 1.55. The number of ether oxygens (including phenoxy) is 1. The van der Waals surface area contributed by atoms with Gasteiger partial charge >= 0.3 is 0 Å². The molecule has 100 valence electrons. The number of anilines is 2. The average molecular weight is 277 g/mol. The maximum Gasteiger partial charge on any atom is 0.264 e. The van der Waals surface area contributed by atoms with Crippen LogP contribution in [0.1, 0.15) is 0 Å². The third-order valence-electron chi connectivity index (χ3n) is 2.59. The molecule has 1 amide bonds. The summed E-state index contributed by atoms with van der Waals surface area (Å²) in [6.45, 7) is -0.0352. The largest absolute Gasteiger partial charge is 0.467 e. The lowest BCUT2D eigenvalue weighted by atomic mass is 10.4. The van der Waals surface area contributed by atoms with E-state index in [0.29, 0.717) is 11.7 Å². The molecular formula is C13H15N3O2S. The smallest absolute Gasteiger partial charge is 0.264 e. The van der Waals surface area contributed by atoms with Gasteiger partial charge in [0.1, 0.15) is 5.82 Å². The molecule has 2 rings (SSSR count). The van der Waals surface area contributed by atoms with Crippen LogP contribution in [0.4, 0.5) is 11.5 Å². The number of carbonyl (C=O) groups is 1. The van der Waals surface area contributed by atoms with Gasteiger partial charge in [-0.15, -0.1) is 0 Å². The van der Waals surface area contributed by atoms with Crippen LogP contribution in [0.2, 0.25) is 0 Å². The van der Waals surface area contributed by atoms with Gasteiger partial charge in [0.25, 0.3) is 5.91 Å². The monoisotopic (exact) mass is 277 g/mol. The van der Waals surface area contributed by atoms with E-state index in [1.54, 1.807) is 36.4 Å². The summed E-state index contributed by atoms with van der Waals surface area (Å²) in [6.07, 6.45) is 0. The molecule has 6 heteroatoms. The second kappa shape index (κ2) is 6.19. The van der Waals surface area contributed by atoms with Gasteiger partial charge in [0, 0.05) is 25.5 Å². The van der Waals surface area contributed by atoms with Crippen molar-refractivity contribution < 1.29 is 9.53 Å². The first-order valence-corrected chi connectivity index (χ1v) is 6.71. The highest BCUT2D eigenvalue weighted by Gasteiger charge is 2.12. The Hall–Kier alpha value is -2.08. The van der Waals surface area contributed by atoms with Crippen molar-refractivity contribution in [2.45, 2.75) is 0 Å². The summed E-state index contributed by atoms with van der Waals surface area (Å²) in [4.78, 5) is 17.7. The van der Waals surface area contributed by atoms with Crippen LogP contribution in [0, 0.1) is 0 Å². The Morgan fingerprint density at radius 1 is 1.47 bits per heavy atom. The molecule has 0 atom stereocenters. The second-order valence-corrected chi connectivity index (χ2v) is 4.61. The van der Waals surface area contributed by atoms with Gasteiger partial charge in [-0.3, -0.25) is 4.79 Å². The van der Waals surface area contributed by atoms with Crippen molar-refractivity contribution in [3.8, 4) is 5.88 Å². The van der Waals surface area contributed by atoms with E-state index in [0.717, 1.165) is 5.69 Å². The van der Waals surface area contributed by atoms with Gasteiger partial charge in [0.05, 0.1) is 5.69 Å². The van der Waals surface area contributed by atoms with Gasteiger partial charge in [0.15, 0.2) is 6.61 Å². The zero-order valence-corrected chi connectivity index (χ0v) is 11.6. The maximum atomic E-state index is 11.9. The van der Waals surface area contributed by atoms with Crippen molar-refractivity contribution in [3.63, 3.8) is 0 Å². The van der Waals surface area contributed by atoms with Gasteiger partial charge in [-0.05, 0) is 17.5 Å². The van der Waals surface area contributed by atoms with Gasteiger partial charge < -0.3 is 15.0 Å². The fourth-order valence-electron chi connectivity index (χ4n) is 1.46. The molecular weight excluding hydrogens is 262 g/mol. The Morgan fingerprint density at radius 2 is 2.32 bits per heavy atom. The summed E-state index contributed by atoms with van der Waals surface area (Å²) in [5, 5.41) is 6.76. The first kappa shape index (κ1) is 13.4. The molecule has 0 spiro atoms. The molecule has 0 saturated heterocycles. The highest BCUT2D eigenvalue weighted by atomic mass is 32.1. The van der Waals surface area contributed by atoms with Crippen LogP contribution in [-0.2, 0) is 4.79 Å². The first-order chi connectivity index (χ1) is 9.20. The molecule has 0 unspecified atom stereocenters. The Balaban J connectivity index is 1.93. The number of likely N-dealkylation sites (N-methyl/N-ethyl adjacent to an activating group) is 1. The molecule has 0 aliphatic heterocycles. The van der Waals surface area contributed by atoms with E-state index in [2.05, 4.69) is 10.3 Å². The molecule has 0 aliphatic rings. The van der Waals surface area contributed by atoms with Crippen LogP contribution in [-0.4, -0.2) is 31.6 Å². The fraction of sp³-hybridized carbons (Fsp3) is 0.231. The predicted octanol–water partition coefficient (Wildman–Crippen LogP) is 2.23. The van der Waals surface area contributed by atoms with E-state index in [9.17, 15) is 4.79 Å². The van der Waals surface area contributed by atoms with E-state index >= 15 is 0 Å². The molecule has 19 heavy (non-hydrogen) atoms. The van der Waals surface area contributed by atoms with Crippen molar-refractivity contribution >= 4 is 28.7 Å². The molecule has 0 aromatic carbocycles. The number of hydrogen-bond donors (Lipinski definition) is 1. The summed E-state index contributed by atoms with van der Waals surface area (Å²) in [7, 11) is 3.51. The molecule has 2 aromatic rings. The fourth-order valence-corrected chi connectivity index (χ4v) is 2.13. The Morgan fingerprint density at radius 3 is 3.00 bits per heavy atom. The van der Waals surface area contributed by atoms with Gasteiger partial charge in [-0.2, -0.15) is 16.3 Å². The van der Waals surface area contributed by atoms with Crippen molar-refractivity contribution in [3.05, 3.63) is 35.0 Å². The maximum absolute atomic E-state index is 11.9. The van der Waals surface area contributed by atoms with Crippen molar-refractivity contribution in [2.75, 3.05) is 30.9 Å². The van der Waals surface area contributed by atoms with E-state index in [-0.39, 0.29) is 12.5 Å². The minimum absolute atomic E-state index is 0.0352. The van der Waals surface area contributed by atoms with E-state index in [4.69, 9.17) is 4.74 Å². The van der Waals surface area contributed by atoms with Crippen molar-refractivity contribution in [1.29, 1.82) is 0 Å². The lowest BCUT2D eigenvalue weighted by Crippen LogP contribution is -2.31. The second-order valence-electron chi connectivity index (χ2n) is 3.83. The number of thiophene rings is 1. The Bertz CT molecular complexity index is 543. The van der Waals surface area contributed by atoms with Gasteiger partial charge in [0.2, 0.25) is 5.88 Å². The molecule has 0 aliphatic carbocycles. The van der Waals surface area contributed by atoms with Crippen molar-refractivity contribution in [1.82, 2.24) is 4.98 Å². The van der Waals surface area contributed by atoms with Crippen LogP contribution < -0.4 is 15.0 Å². The lowest BCUT2D eigenvalue weighted by molar-refractivity contribution is -0.120. The molecule has 0 fully saturated rings. The predicted molar refractivity (Wildman–Crippen MR) is 77.0 cm³/mol. The molecule has 5 nitrogen and oxygen atoms in total. The lowest BCUT2D eigenvalue weighted by Gasteiger charge is -2.15. The number of carbonyl (C=O) groups excluding carboxylic acids is 1. The molecule has 0 bridgehead atoms. The highest BCUT2D eigenvalue weighted by molar-refractivity contribution is 7.08. The number of amides is 1. The zero-order chi connectivity index (χ0) is 13.7. The normalized spacial score (nSPS) is 10.0. The molecule has 0 saturated carbocycles. The standard InChI is InChI=1S/C13H15N3O2S/c1-14-11-4-3-5-12(15-11)18-8-13(17)16(2)10-6-7-19-9-10/h3-7,9H,8H2,1-2H3,(H,14,15). The van der Waals surface area contributed by atoms with Crippen LogP contribution in [0.25, 0.3) is 0 Å². The van der Waals surface area contributed by atoms with Gasteiger partial charge in [-0.25, -0.2) is 0 Å². The third-order valence-corrected chi connectivity index (χ3v) is 3.26. The number of pyridine rings is 1. The van der Waals surface area contributed by atoms with Crippen LogP contribution in [0.15, 0.2) is 35.0 Å². The number of hydrogen-bond acceptors (Lipinski definition) is 5. The van der Waals surface area contributed by atoms with Gasteiger partial charge in [-0.1, -0.05) is 6.07 Å². The minimum atomic E-state index is -0.116. The third kappa shape index (κ3) is 3.45. The molecule has 0 radical (unpaired) electrons. The van der Waals surface area contributed by atoms with Crippen molar-refractivity contribution in [2.24, 2.45) is 0 Å². The molecule has 1 N–H and O–H groups in total. The van der Waals surface area contributed by atoms with Crippen LogP contribution >= 0.6 is 11.3 Å². The van der Waals surface area contributed by atoms with Crippen LogP contribution in [0.5, 0.6) is 5.88 Å². The Labute approximate surface area is 115 Å². The average Bonchev–Trinajstić information content (AvgIpc) is 2.98. The molecule has 2 heterocycles. The summed E-state index contributed by atoms with van der Waals surface area (Å²) in [6, 6.07) is 7.26. The summed E-state index contributed by atoms with van der Waals surface area (Å²) in [5.41, 5.74) is 0.871. The first-order valence-electron chi connectivity index (χ1n) is 5.77. The number of aromatic nitrogens is 1. The summed E-state index contributed by atoms with van der Waals surface area (Å²) < 4.78 is 5.39. The molecule has 2 aromatic heterocycles. The topological polar surface area (TPSA) is 54.5 Å². The number of nitrogens with zero attached hydrogens (tertiary/aromatic N) is 2. The van der Waals surface area contributed by atoms with Crippen LogP contribution in [0.3, 0.4) is 0 Å².